The van der Waals surface area contributed by atoms with Crippen molar-refractivity contribution in [1.82, 2.24) is 0 Å². The van der Waals surface area contributed by atoms with Crippen molar-refractivity contribution in [3.63, 3.8) is 0 Å². The highest BCUT2D eigenvalue weighted by Crippen LogP contribution is 2.52. The van der Waals surface area contributed by atoms with E-state index < -0.39 is 0 Å². The van der Waals surface area contributed by atoms with Crippen molar-refractivity contribution in [2.75, 3.05) is 0 Å². The van der Waals surface area contributed by atoms with Gasteiger partial charge < -0.3 is 0 Å². The van der Waals surface area contributed by atoms with Gasteiger partial charge >= 0.3 is 0 Å². The molecule has 9 aromatic carbocycles. The van der Waals surface area contributed by atoms with Crippen molar-refractivity contribution in [2.24, 2.45) is 0 Å². The largest absolute Gasteiger partial charge is 0.135 e. The number of hydrogen-bond acceptors (Lipinski definition) is 3. The normalized spacial score (nSPS) is 12.3. The molecule has 0 N–H and O–H groups in total. The number of hydrogen-bond donors (Lipinski definition) is 0. The summed E-state index contributed by atoms with van der Waals surface area (Å²) in [6.45, 7) is 0. The van der Waals surface area contributed by atoms with Gasteiger partial charge in [0.1, 0.15) is 0 Å². The van der Waals surface area contributed by atoms with Crippen molar-refractivity contribution in [3.8, 4) is 22.3 Å². The first kappa shape index (κ1) is 28.2. The highest BCUT2D eigenvalue weighted by molar-refractivity contribution is 7.27. The Morgan fingerprint density at radius 1 is 0.275 bits per heavy atom. The maximum Gasteiger partial charge on any atom is 0.0440 e. The van der Waals surface area contributed by atoms with Gasteiger partial charge in [-0.15, -0.1) is 34.0 Å². The van der Waals surface area contributed by atoms with Crippen LogP contribution in [0.2, 0.25) is 0 Å². The lowest BCUT2D eigenvalue weighted by Gasteiger charge is -2.19. The molecule has 0 saturated carbocycles. The Labute approximate surface area is 305 Å². The maximum atomic E-state index is 2.53. The van der Waals surface area contributed by atoms with Crippen LogP contribution in [0.25, 0.3) is 115 Å². The smallest absolute Gasteiger partial charge is 0.0440 e. The molecule has 3 heteroatoms. The molecule has 12 rings (SSSR count). The Bertz CT molecular complexity index is 3370. The van der Waals surface area contributed by atoms with Crippen molar-refractivity contribution < 1.29 is 0 Å². The molecule has 0 saturated heterocycles. The molecule has 0 radical (unpaired) electrons. The quantitative estimate of drug-likeness (QED) is 0.158. The third-order valence-corrected chi connectivity index (χ3v) is 14.4. The number of benzene rings is 9. The summed E-state index contributed by atoms with van der Waals surface area (Å²) in [6.07, 6.45) is 0. The van der Waals surface area contributed by atoms with Crippen LogP contribution in [-0.2, 0) is 0 Å². The second kappa shape index (κ2) is 10.5. The Kier molecular flexibility index (Phi) is 5.78. The highest BCUT2D eigenvalue weighted by atomic mass is 32.1. The fourth-order valence-corrected chi connectivity index (χ4v) is 12.2. The van der Waals surface area contributed by atoms with Crippen molar-refractivity contribution >= 4 is 127 Å². The molecular formula is C48H26S3. The zero-order valence-corrected chi connectivity index (χ0v) is 29.7. The van der Waals surface area contributed by atoms with Gasteiger partial charge in [0, 0.05) is 71.5 Å². The summed E-state index contributed by atoms with van der Waals surface area (Å²) in [5.41, 5.74) is 5.22. The second-order valence-corrected chi connectivity index (χ2v) is 16.7. The van der Waals surface area contributed by atoms with Gasteiger partial charge in [-0.2, -0.15) is 0 Å². The number of thiophene rings is 3. The summed E-state index contributed by atoms with van der Waals surface area (Å²) in [4.78, 5) is 0. The Morgan fingerprint density at radius 3 is 1.45 bits per heavy atom. The first-order valence-electron chi connectivity index (χ1n) is 17.3. The third kappa shape index (κ3) is 3.89. The Hall–Kier alpha value is -5.58. The van der Waals surface area contributed by atoms with E-state index in [4.69, 9.17) is 0 Å². The fraction of sp³-hybridized carbons (Fsp3) is 0. The van der Waals surface area contributed by atoms with Crippen LogP contribution in [0, 0.1) is 0 Å². The highest BCUT2D eigenvalue weighted by Gasteiger charge is 2.22. The molecule has 0 aliphatic heterocycles. The molecule has 0 aliphatic rings. The minimum atomic E-state index is 1.27. The van der Waals surface area contributed by atoms with Crippen molar-refractivity contribution in [2.45, 2.75) is 0 Å². The van der Waals surface area contributed by atoms with Gasteiger partial charge in [0.15, 0.2) is 0 Å². The molecule has 0 aliphatic carbocycles. The second-order valence-electron chi connectivity index (χ2n) is 13.5. The van der Waals surface area contributed by atoms with Crippen LogP contribution >= 0.6 is 34.0 Å². The van der Waals surface area contributed by atoms with E-state index in [0.717, 1.165) is 0 Å². The molecule has 12 aromatic rings. The first-order valence-corrected chi connectivity index (χ1v) is 19.8. The van der Waals surface area contributed by atoms with Gasteiger partial charge in [0.2, 0.25) is 0 Å². The standard InChI is InChI=1S/C48H26S3/c1-3-15-32-30(13-1)44(27-21-24-43-37(25-27)29-12-6-8-18-40(29)49-43)31-14-2-4-16-33(31)45(32)39-26-38-34(46-36-17-7-10-20-42(36)51-48(39)46)22-23-35-28-11-5-9-19-41(28)50-47(35)38/h1-26H. The van der Waals surface area contributed by atoms with E-state index in [-0.39, 0.29) is 0 Å². The molecular weight excluding hydrogens is 673 g/mol. The molecule has 0 atom stereocenters. The summed E-state index contributed by atoms with van der Waals surface area (Å²) in [5, 5.41) is 15.9. The van der Waals surface area contributed by atoms with Crippen LogP contribution in [0.15, 0.2) is 158 Å². The van der Waals surface area contributed by atoms with Crippen LogP contribution in [0.1, 0.15) is 0 Å². The predicted molar refractivity (Wildman–Crippen MR) is 228 cm³/mol. The molecule has 0 nitrogen and oxygen atoms in total. The van der Waals surface area contributed by atoms with Crippen LogP contribution in [0.5, 0.6) is 0 Å². The Morgan fingerprint density at radius 2 is 0.765 bits per heavy atom. The van der Waals surface area contributed by atoms with E-state index >= 15 is 0 Å². The Balaban J connectivity index is 1.25. The van der Waals surface area contributed by atoms with Gasteiger partial charge in [-0.3, -0.25) is 0 Å². The first-order chi connectivity index (χ1) is 25.3. The summed E-state index contributed by atoms with van der Waals surface area (Å²) in [7, 11) is 0. The monoisotopic (exact) mass is 698 g/mol. The average Bonchev–Trinajstić information content (AvgIpc) is 3.88. The minimum Gasteiger partial charge on any atom is -0.135 e. The van der Waals surface area contributed by atoms with Crippen LogP contribution < -0.4 is 0 Å². The molecule has 236 valence electrons. The van der Waals surface area contributed by atoms with Gasteiger partial charge in [-0.25, -0.2) is 0 Å². The van der Waals surface area contributed by atoms with E-state index in [2.05, 4.69) is 158 Å². The molecule has 0 spiro atoms. The van der Waals surface area contributed by atoms with Gasteiger partial charge in [-0.05, 0) is 80.0 Å². The van der Waals surface area contributed by atoms with E-state index in [1.807, 2.05) is 34.0 Å². The lowest BCUT2D eigenvalue weighted by Crippen LogP contribution is -1.91. The molecule has 3 heterocycles. The number of fused-ring (bicyclic) bond motifs is 14. The molecule has 0 unspecified atom stereocenters. The van der Waals surface area contributed by atoms with Crippen LogP contribution in [0.4, 0.5) is 0 Å². The third-order valence-electron chi connectivity index (χ3n) is 10.8. The average molecular weight is 699 g/mol. The summed E-state index contributed by atoms with van der Waals surface area (Å²) < 4.78 is 8.07. The zero-order chi connectivity index (χ0) is 33.2. The van der Waals surface area contributed by atoms with Gasteiger partial charge in [0.05, 0.1) is 0 Å². The van der Waals surface area contributed by atoms with Crippen molar-refractivity contribution in [1.29, 1.82) is 0 Å². The molecule has 0 amide bonds. The van der Waals surface area contributed by atoms with E-state index in [0.29, 0.717) is 0 Å². The van der Waals surface area contributed by atoms with Crippen LogP contribution in [0.3, 0.4) is 0 Å². The maximum absolute atomic E-state index is 2.53. The summed E-state index contributed by atoms with van der Waals surface area (Å²) >= 11 is 5.74. The molecule has 51 heavy (non-hydrogen) atoms. The van der Waals surface area contributed by atoms with E-state index in [1.54, 1.807) is 0 Å². The summed E-state index contributed by atoms with van der Waals surface area (Å²) in [5.74, 6) is 0. The SMILES string of the molecule is c1ccc2c(c1)sc1ccc(-c3c4ccccc4c(-c4cc5c(ccc6c7ccccc7sc65)c5c4sc4ccccc45)c4ccccc34)cc12. The lowest BCUT2D eigenvalue weighted by molar-refractivity contribution is 1.71. The van der Waals surface area contributed by atoms with Crippen LogP contribution in [-0.4, -0.2) is 0 Å². The summed E-state index contributed by atoms with van der Waals surface area (Å²) in [6, 6.07) is 59.2. The molecule has 3 aromatic heterocycles. The fourth-order valence-electron chi connectivity index (χ4n) is 8.68. The number of rotatable bonds is 2. The van der Waals surface area contributed by atoms with E-state index in [9.17, 15) is 0 Å². The van der Waals surface area contributed by atoms with Crippen molar-refractivity contribution in [3.05, 3.63) is 158 Å². The lowest BCUT2D eigenvalue weighted by atomic mass is 9.84. The van der Waals surface area contributed by atoms with E-state index in [1.165, 1.54) is 115 Å². The zero-order valence-electron chi connectivity index (χ0n) is 27.2. The van der Waals surface area contributed by atoms with Gasteiger partial charge in [-0.1, -0.05) is 121 Å². The van der Waals surface area contributed by atoms with Gasteiger partial charge in [0.25, 0.3) is 0 Å². The minimum absolute atomic E-state index is 1.27. The predicted octanol–water partition coefficient (Wildman–Crippen LogP) is 15.6. The molecule has 0 fully saturated rings. The topological polar surface area (TPSA) is 0 Å². The molecule has 0 bridgehead atoms.